The van der Waals surface area contributed by atoms with Crippen LogP contribution in [0.5, 0.6) is 0 Å². The number of carbonyl (C=O) groups excluding carboxylic acids is 1. The van der Waals surface area contributed by atoms with Crippen molar-refractivity contribution in [2.45, 2.75) is 23.3 Å². The SMILES string of the molecule is O=C(OC(CSc1ccccc1)c1cccc(C(O)CS)c1)C(F)(F)F. The number of thiol groups is 1. The van der Waals surface area contributed by atoms with Gasteiger partial charge in [-0.05, 0) is 29.3 Å². The predicted molar refractivity (Wildman–Crippen MR) is 97.3 cm³/mol. The van der Waals surface area contributed by atoms with Crippen LogP contribution in [-0.2, 0) is 9.53 Å². The van der Waals surface area contributed by atoms with Crippen LogP contribution >= 0.6 is 24.4 Å². The molecule has 0 aliphatic heterocycles. The van der Waals surface area contributed by atoms with Crippen molar-refractivity contribution in [1.82, 2.24) is 0 Å². The largest absolute Gasteiger partial charge is 0.490 e. The van der Waals surface area contributed by atoms with Gasteiger partial charge in [0.25, 0.3) is 0 Å². The molecule has 0 aliphatic carbocycles. The molecular weight excluding hydrogens is 385 g/mol. The van der Waals surface area contributed by atoms with Gasteiger partial charge in [-0.15, -0.1) is 11.8 Å². The Morgan fingerprint density at radius 2 is 1.77 bits per heavy atom. The fourth-order valence-corrected chi connectivity index (χ4v) is 3.32. The summed E-state index contributed by atoms with van der Waals surface area (Å²) in [6, 6.07) is 15.4. The average Bonchev–Trinajstić information content (AvgIpc) is 2.64. The van der Waals surface area contributed by atoms with Gasteiger partial charge in [-0.2, -0.15) is 25.8 Å². The Balaban J connectivity index is 2.23. The maximum Gasteiger partial charge on any atom is 0.490 e. The van der Waals surface area contributed by atoms with Gasteiger partial charge in [-0.3, -0.25) is 0 Å². The van der Waals surface area contributed by atoms with Gasteiger partial charge in [0, 0.05) is 16.4 Å². The lowest BCUT2D eigenvalue weighted by Gasteiger charge is -2.20. The standard InChI is InChI=1S/C18H17F3O3S2/c19-18(20,21)17(23)24-16(11-26-14-7-2-1-3-8-14)13-6-4-5-12(9-13)15(22)10-25/h1-9,15-16,22,25H,10-11H2. The lowest BCUT2D eigenvalue weighted by atomic mass is 10.0. The monoisotopic (exact) mass is 402 g/mol. The summed E-state index contributed by atoms with van der Waals surface area (Å²) in [6.07, 6.45) is -7.04. The molecule has 0 fully saturated rings. The minimum absolute atomic E-state index is 0.103. The first-order chi connectivity index (χ1) is 12.3. The van der Waals surface area contributed by atoms with E-state index >= 15 is 0 Å². The highest BCUT2D eigenvalue weighted by molar-refractivity contribution is 7.99. The molecule has 0 aromatic heterocycles. The van der Waals surface area contributed by atoms with E-state index < -0.39 is 24.4 Å². The first-order valence-electron chi connectivity index (χ1n) is 7.65. The third-order valence-corrected chi connectivity index (χ3v) is 4.89. The van der Waals surface area contributed by atoms with E-state index in [-0.39, 0.29) is 11.5 Å². The van der Waals surface area contributed by atoms with Gasteiger partial charge >= 0.3 is 12.1 Å². The number of esters is 1. The number of hydrogen-bond donors (Lipinski definition) is 2. The number of aliphatic hydroxyl groups is 1. The number of ether oxygens (including phenoxy) is 1. The van der Waals surface area contributed by atoms with Gasteiger partial charge in [0.1, 0.15) is 6.10 Å². The van der Waals surface area contributed by atoms with Gasteiger partial charge in [0.15, 0.2) is 0 Å². The fraction of sp³-hybridized carbons (Fsp3) is 0.278. The van der Waals surface area contributed by atoms with Crippen LogP contribution in [0.4, 0.5) is 13.2 Å². The molecule has 2 aromatic carbocycles. The molecule has 0 radical (unpaired) electrons. The average molecular weight is 402 g/mol. The quantitative estimate of drug-likeness (QED) is 0.404. The summed E-state index contributed by atoms with van der Waals surface area (Å²) in [7, 11) is 0. The van der Waals surface area contributed by atoms with Crippen LogP contribution < -0.4 is 0 Å². The zero-order valence-electron chi connectivity index (χ0n) is 13.5. The van der Waals surface area contributed by atoms with Gasteiger partial charge in [0.2, 0.25) is 0 Å². The molecule has 140 valence electrons. The number of alkyl halides is 3. The van der Waals surface area contributed by atoms with E-state index in [1.165, 1.54) is 17.8 Å². The molecule has 0 amide bonds. The second-order valence-electron chi connectivity index (χ2n) is 5.38. The molecule has 0 heterocycles. The summed E-state index contributed by atoms with van der Waals surface area (Å²) in [6.45, 7) is 0. The van der Waals surface area contributed by atoms with E-state index in [1.807, 2.05) is 30.3 Å². The normalized spacial score (nSPS) is 13.9. The predicted octanol–water partition coefficient (Wildman–Crippen LogP) is 4.59. The molecule has 0 saturated carbocycles. The Morgan fingerprint density at radius 3 is 2.38 bits per heavy atom. The molecule has 2 unspecified atom stereocenters. The number of hydrogen-bond acceptors (Lipinski definition) is 5. The Hall–Kier alpha value is -1.64. The lowest BCUT2D eigenvalue weighted by Crippen LogP contribution is -2.28. The van der Waals surface area contributed by atoms with Crippen LogP contribution in [-0.4, -0.2) is 28.8 Å². The van der Waals surface area contributed by atoms with E-state index in [0.29, 0.717) is 11.1 Å². The summed E-state index contributed by atoms with van der Waals surface area (Å²) in [5, 5.41) is 9.89. The van der Waals surface area contributed by atoms with Crippen molar-refractivity contribution in [3.05, 3.63) is 65.7 Å². The van der Waals surface area contributed by atoms with Crippen LogP contribution in [0.1, 0.15) is 23.3 Å². The van der Waals surface area contributed by atoms with Crippen molar-refractivity contribution < 1.29 is 27.8 Å². The van der Waals surface area contributed by atoms with Gasteiger partial charge in [-0.25, -0.2) is 4.79 Å². The third kappa shape index (κ3) is 5.96. The highest BCUT2D eigenvalue weighted by Gasteiger charge is 2.42. The number of halogens is 3. The first-order valence-corrected chi connectivity index (χ1v) is 9.27. The Morgan fingerprint density at radius 1 is 1.12 bits per heavy atom. The van der Waals surface area contributed by atoms with Crippen LogP contribution in [0.25, 0.3) is 0 Å². The number of aliphatic hydroxyl groups excluding tert-OH is 1. The van der Waals surface area contributed by atoms with E-state index in [2.05, 4.69) is 12.6 Å². The molecule has 0 spiro atoms. The fourth-order valence-electron chi connectivity index (χ4n) is 2.15. The summed E-state index contributed by atoms with van der Waals surface area (Å²) in [5.41, 5.74) is 0.875. The zero-order valence-corrected chi connectivity index (χ0v) is 15.2. The smallest absolute Gasteiger partial charge is 0.450 e. The molecule has 0 bridgehead atoms. The van der Waals surface area contributed by atoms with Crippen molar-refractivity contribution in [3.8, 4) is 0 Å². The molecular formula is C18H17F3O3S2. The Kier molecular flexibility index (Phi) is 7.43. The summed E-state index contributed by atoms with van der Waals surface area (Å²) in [5.74, 6) is -1.97. The zero-order chi connectivity index (χ0) is 19.2. The number of thioether (sulfide) groups is 1. The van der Waals surface area contributed by atoms with Crippen molar-refractivity contribution in [2.75, 3.05) is 11.5 Å². The number of carbonyl (C=O) groups is 1. The minimum Gasteiger partial charge on any atom is -0.450 e. The van der Waals surface area contributed by atoms with Gasteiger partial charge < -0.3 is 9.84 Å². The second kappa shape index (κ2) is 9.34. The number of rotatable bonds is 7. The molecule has 0 aliphatic rings. The van der Waals surface area contributed by atoms with Crippen molar-refractivity contribution in [2.24, 2.45) is 0 Å². The summed E-state index contributed by atoms with van der Waals surface area (Å²) in [4.78, 5) is 12.2. The molecule has 2 aromatic rings. The van der Waals surface area contributed by atoms with Crippen LogP contribution in [0.3, 0.4) is 0 Å². The van der Waals surface area contributed by atoms with E-state index in [0.717, 1.165) is 4.90 Å². The third-order valence-electron chi connectivity index (χ3n) is 3.47. The molecule has 8 heteroatoms. The highest BCUT2D eigenvalue weighted by Crippen LogP contribution is 2.31. The van der Waals surface area contributed by atoms with Crippen molar-refractivity contribution in [1.29, 1.82) is 0 Å². The summed E-state index contributed by atoms with van der Waals surface area (Å²) < 4.78 is 42.6. The minimum atomic E-state index is -5.07. The molecule has 2 rings (SSSR count). The van der Waals surface area contributed by atoms with E-state index in [1.54, 1.807) is 18.2 Å². The molecule has 26 heavy (non-hydrogen) atoms. The maximum absolute atomic E-state index is 12.6. The van der Waals surface area contributed by atoms with Crippen LogP contribution in [0.15, 0.2) is 59.5 Å². The summed E-state index contributed by atoms with van der Waals surface area (Å²) >= 11 is 5.28. The van der Waals surface area contributed by atoms with Crippen LogP contribution in [0, 0.1) is 0 Å². The van der Waals surface area contributed by atoms with E-state index in [9.17, 15) is 23.1 Å². The Labute approximate surface area is 159 Å². The second-order valence-corrected chi connectivity index (χ2v) is 6.84. The van der Waals surface area contributed by atoms with Crippen molar-refractivity contribution in [3.63, 3.8) is 0 Å². The lowest BCUT2D eigenvalue weighted by molar-refractivity contribution is -0.204. The molecule has 0 saturated heterocycles. The van der Waals surface area contributed by atoms with E-state index in [4.69, 9.17) is 4.74 Å². The van der Waals surface area contributed by atoms with Crippen LogP contribution in [0.2, 0.25) is 0 Å². The van der Waals surface area contributed by atoms with Crippen molar-refractivity contribution >= 4 is 30.4 Å². The number of benzene rings is 2. The molecule has 2 atom stereocenters. The molecule has 1 N–H and O–H groups in total. The maximum atomic E-state index is 12.6. The highest BCUT2D eigenvalue weighted by atomic mass is 32.2. The van der Waals surface area contributed by atoms with Gasteiger partial charge in [-0.1, -0.05) is 36.4 Å². The first kappa shape index (κ1) is 20.7. The topological polar surface area (TPSA) is 46.5 Å². The Bertz CT molecular complexity index is 723. The molecule has 3 nitrogen and oxygen atoms in total. The van der Waals surface area contributed by atoms with Gasteiger partial charge in [0.05, 0.1) is 6.10 Å².